The van der Waals surface area contributed by atoms with Crippen LogP contribution in [0.15, 0.2) is 18.3 Å². The Balaban J connectivity index is 2.05. The van der Waals surface area contributed by atoms with Gasteiger partial charge < -0.3 is 0 Å². The number of hydrogen-bond acceptors (Lipinski definition) is 5. The van der Waals surface area contributed by atoms with Crippen LogP contribution in [0.2, 0.25) is 0 Å². The van der Waals surface area contributed by atoms with Crippen LogP contribution >= 0.6 is 0 Å². The zero-order valence-electron chi connectivity index (χ0n) is 15.8. The Labute approximate surface area is 155 Å². The average Bonchev–Trinajstić information content (AvgIpc) is 3.10. The third-order valence-electron chi connectivity index (χ3n) is 4.69. The van der Waals surface area contributed by atoms with Gasteiger partial charge in [0, 0.05) is 33.4 Å². The summed E-state index contributed by atoms with van der Waals surface area (Å²) in [6.07, 6.45) is 4.36. The van der Waals surface area contributed by atoms with Crippen LogP contribution in [0.3, 0.4) is 0 Å². The highest BCUT2D eigenvalue weighted by Gasteiger charge is 2.35. The lowest BCUT2D eigenvalue weighted by molar-refractivity contribution is 0.238. The summed E-state index contributed by atoms with van der Waals surface area (Å²) in [5, 5.41) is 4.30. The summed E-state index contributed by atoms with van der Waals surface area (Å²) in [7, 11) is -0.367. The molecule has 1 aliphatic rings. The van der Waals surface area contributed by atoms with Crippen molar-refractivity contribution in [2.45, 2.75) is 45.7 Å². The third kappa shape index (κ3) is 3.51. The predicted molar refractivity (Wildman–Crippen MR) is 99.6 cm³/mol. The quantitative estimate of drug-likeness (QED) is 0.794. The van der Waals surface area contributed by atoms with Crippen molar-refractivity contribution in [1.29, 1.82) is 0 Å². The fourth-order valence-corrected chi connectivity index (χ4v) is 4.70. The monoisotopic (exact) mass is 378 g/mol. The van der Waals surface area contributed by atoms with E-state index in [4.69, 9.17) is 0 Å². The van der Waals surface area contributed by atoms with E-state index in [2.05, 4.69) is 15.1 Å². The van der Waals surface area contributed by atoms with Gasteiger partial charge in [0.1, 0.15) is 5.82 Å². The highest BCUT2D eigenvalue weighted by molar-refractivity contribution is 7.86. The van der Waals surface area contributed by atoms with Gasteiger partial charge in [-0.05, 0) is 38.8 Å². The predicted octanol–water partition coefficient (Wildman–Crippen LogP) is 2.00. The summed E-state index contributed by atoms with van der Waals surface area (Å²) in [5.41, 5.74) is 2.44. The first kappa shape index (κ1) is 18.9. The van der Waals surface area contributed by atoms with Crippen LogP contribution in [-0.4, -0.2) is 57.4 Å². The van der Waals surface area contributed by atoms with Crippen molar-refractivity contribution in [2.24, 2.45) is 0 Å². The first-order valence-corrected chi connectivity index (χ1v) is 10.3. The molecule has 0 N–H and O–H groups in total. The molecule has 1 saturated heterocycles. The van der Waals surface area contributed by atoms with Gasteiger partial charge in [0.25, 0.3) is 10.2 Å². The Morgan fingerprint density at radius 1 is 1.27 bits per heavy atom. The summed E-state index contributed by atoms with van der Waals surface area (Å²) in [5.74, 6) is 0.633. The van der Waals surface area contributed by atoms with Crippen LogP contribution < -0.4 is 0 Å². The van der Waals surface area contributed by atoms with Gasteiger partial charge in [-0.1, -0.05) is 6.42 Å². The Kier molecular flexibility index (Phi) is 5.40. The maximum absolute atomic E-state index is 12.8. The molecule has 0 aliphatic carbocycles. The number of hydrogen-bond donors (Lipinski definition) is 0. The molecule has 0 bridgehead atoms. The van der Waals surface area contributed by atoms with E-state index in [1.54, 1.807) is 24.6 Å². The topological polar surface area (TPSA) is 84.2 Å². The molecule has 0 aromatic carbocycles. The normalized spacial score (nSPS) is 19.2. The number of aryl methyl sites for hydroxylation is 2. The van der Waals surface area contributed by atoms with Crippen LogP contribution in [-0.2, 0) is 16.8 Å². The van der Waals surface area contributed by atoms with Crippen molar-refractivity contribution in [3.05, 3.63) is 29.8 Å². The molecule has 8 nitrogen and oxygen atoms in total. The van der Waals surface area contributed by atoms with Crippen molar-refractivity contribution in [2.75, 3.05) is 20.6 Å². The molecule has 3 heterocycles. The fraction of sp³-hybridized carbons (Fsp3) is 0.588. The first-order valence-electron chi connectivity index (χ1n) is 8.91. The number of nitrogens with zero attached hydrogens (tertiary/aromatic N) is 6. The second kappa shape index (κ2) is 7.42. The Bertz CT molecular complexity index is 877. The van der Waals surface area contributed by atoms with E-state index < -0.39 is 10.2 Å². The Morgan fingerprint density at radius 3 is 2.73 bits per heavy atom. The molecule has 9 heteroatoms. The van der Waals surface area contributed by atoms with Crippen LogP contribution in [0.5, 0.6) is 0 Å². The molecule has 3 rings (SSSR count). The van der Waals surface area contributed by atoms with Crippen LogP contribution in [0, 0.1) is 6.92 Å². The molecule has 1 aliphatic heterocycles. The molecule has 0 amide bonds. The van der Waals surface area contributed by atoms with E-state index in [0.29, 0.717) is 12.4 Å². The minimum Gasteiger partial charge on any atom is -0.264 e. The first-order chi connectivity index (χ1) is 12.3. The highest BCUT2D eigenvalue weighted by Crippen LogP contribution is 2.34. The van der Waals surface area contributed by atoms with Gasteiger partial charge in [0.2, 0.25) is 0 Å². The fourth-order valence-electron chi connectivity index (χ4n) is 3.38. The van der Waals surface area contributed by atoms with Crippen molar-refractivity contribution in [3.8, 4) is 11.4 Å². The van der Waals surface area contributed by atoms with Gasteiger partial charge in [-0.2, -0.15) is 22.1 Å². The van der Waals surface area contributed by atoms with E-state index in [1.807, 2.05) is 30.7 Å². The zero-order valence-corrected chi connectivity index (χ0v) is 16.6. The molecular formula is C17H26N6O2S. The maximum Gasteiger partial charge on any atom is 0.282 e. The number of rotatable bonds is 5. The zero-order chi connectivity index (χ0) is 18.9. The molecule has 0 unspecified atom stereocenters. The molecule has 142 valence electrons. The van der Waals surface area contributed by atoms with Gasteiger partial charge >= 0.3 is 0 Å². The summed E-state index contributed by atoms with van der Waals surface area (Å²) in [6, 6.07) is 3.56. The van der Waals surface area contributed by atoms with E-state index in [-0.39, 0.29) is 6.04 Å². The van der Waals surface area contributed by atoms with Gasteiger partial charge in [0.15, 0.2) is 0 Å². The standard InChI is InChI=1S/C17H26N6O2S/c1-5-22-16(9-10-18-22)14-12-15(20-13(2)19-14)17-8-6-7-11-23(17)26(24,25)21(3)4/h9-10,12,17H,5-8,11H2,1-4H3/t17-/m1/s1. The molecule has 0 spiro atoms. The molecule has 1 fully saturated rings. The van der Waals surface area contributed by atoms with E-state index in [0.717, 1.165) is 42.9 Å². The van der Waals surface area contributed by atoms with Crippen LogP contribution in [0.25, 0.3) is 11.4 Å². The second-order valence-corrected chi connectivity index (χ2v) is 8.76. The van der Waals surface area contributed by atoms with Crippen LogP contribution in [0.4, 0.5) is 0 Å². The molecule has 26 heavy (non-hydrogen) atoms. The van der Waals surface area contributed by atoms with Crippen molar-refractivity contribution < 1.29 is 8.42 Å². The maximum atomic E-state index is 12.8. The minimum atomic E-state index is -3.50. The molecule has 2 aromatic rings. The van der Waals surface area contributed by atoms with E-state index >= 15 is 0 Å². The molecule has 0 radical (unpaired) electrons. The van der Waals surface area contributed by atoms with Gasteiger partial charge in [-0.15, -0.1) is 0 Å². The number of piperidine rings is 1. The molecule has 0 saturated carbocycles. The van der Waals surface area contributed by atoms with Crippen molar-refractivity contribution in [1.82, 2.24) is 28.4 Å². The molecular weight excluding hydrogens is 352 g/mol. The number of aromatic nitrogens is 4. The van der Waals surface area contributed by atoms with Gasteiger partial charge in [-0.25, -0.2) is 9.97 Å². The van der Waals surface area contributed by atoms with Crippen molar-refractivity contribution >= 4 is 10.2 Å². The smallest absolute Gasteiger partial charge is 0.264 e. The lowest BCUT2D eigenvalue weighted by Gasteiger charge is -2.36. The second-order valence-electron chi connectivity index (χ2n) is 6.67. The SMILES string of the molecule is CCn1nccc1-c1cc([C@H]2CCCCN2S(=O)(=O)N(C)C)nc(C)n1. The Hall–Kier alpha value is -1.84. The van der Waals surface area contributed by atoms with Gasteiger partial charge in [-0.3, -0.25) is 4.68 Å². The van der Waals surface area contributed by atoms with E-state index in [1.165, 1.54) is 4.31 Å². The van der Waals surface area contributed by atoms with Crippen LogP contribution in [0.1, 0.15) is 43.7 Å². The Morgan fingerprint density at radius 2 is 2.04 bits per heavy atom. The molecule has 2 aromatic heterocycles. The van der Waals surface area contributed by atoms with E-state index in [9.17, 15) is 8.42 Å². The van der Waals surface area contributed by atoms with Crippen molar-refractivity contribution in [3.63, 3.8) is 0 Å². The lowest BCUT2D eigenvalue weighted by atomic mass is 10.0. The highest BCUT2D eigenvalue weighted by atomic mass is 32.2. The summed E-state index contributed by atoms with van der Waals surface area (Å²) >= 11 is 0. The summed E-state index contributed by atoms with van der Waals surface area (Å²) in [4.78, 5) is 9.13. The van der Waals surface area contributed by atoms with Gasteiger partial charge in [0.05, 0.1) is 23.1 Å². The summed E-state index contributed by atoms with van der Waals surface area (Å²) in [6.45, 7) is 5.12. The lowest BCUT2D eigenvalue weighted by Crippen LogP contribution is -2.44. The third-order valence-corrected chi connectivity index (χ3v) is 6.64. The largest absolute Gasteiger partial charge is 0.282 e. The molecule has 1 atom stereocenters. The average molecular weight is 379 g/mol. The summed E-state index contributed by atoms with van der Waals surface area (Å²) < 4.78 is 30.2. The minimum absolute atomic E-state index is 0.269.